The zero-order valence-electron chi connectivity index (χ0n) is 10.9. The predicted molar refractivity (Wildman–Crippen MR) is 63.3 cm³/mol. The van der Waals surface area contributed by atoms with Gasteiger partial charge in [-0.25, -0.2) is 0 Å². The van der Waals surface area contributed by atoms with Crippen LogP contribution in [0, 0.1) is 0 Å². The summed E-state index contributed by atoms with van der Waals surface area (Å²) < 4.78 is 16.1. The summed E-state index contributed by atoms with van der Waals surface area (Å²) in [4.78, 5) is 0. The van der Waals surface area contributed by atoms with Gasteiger partial charge in [-0.15, -0.1) is 0 Å². The third kappa shape index (κ3) is 3.85. The maximum absolute atomic E-state index is 9.75. The molecule has 0 aliphatic carbocycles. The second-order valence-electron chi connectivity index (χ2n) is 5.27. The summed E-state index contributed by atoms with van der Waals surface area (Å²) in [6.07, 6.45) is -4.46. The first-order valence-corrected chi connectivity index (χ1v) is 6.58. The molecule has 112 valence electrons. The minimum atomic E-state index is -1.09. The van der Waals surface area contributed by atoms with Gasteiger partial charge < -0.3 is 34.6 Å². The third-order valence-corrected chi connectivity index (χ3v) is 3.51. The van der Waals surface area contributed by atoms with E-state index in [-0.39, 0.29) is 31.8 Å². The number of aliphatic hydroxyl groups is 4. The molecule has 2 heterocycles. The normalized spacial score (nSPS) is 48.2. The van der Waals surface area contributed by atoms with Crippen LogP contribution in [0.1, 0.15) is 19.8 Å². The van der Waals surface area contributed by atoms with Gasteiger partial charge in [-0.2, -0.15) is 0 Å². The van der Waals surface area contributed by atoms with Gasteiger partial charge in [-0.3, -0.25) is 0 Å². The summed E-state index contributed by atoms with van der Waals surface area (Å²) in [7, 11) is 0. The summed E-state index contributed by atoms with van der Waals surface area (Å²) in [5, 5.41) is 38.2. The van der Waals surface area contributed by atoms with Gasteiger partial charge in [0.2, 0.25) is 0 Å². The van der Waals surface area contributed by atoms with Gasteiger partial charge >= 0.3 is 0 Å². The van der Waals surface area contributed by atoms with E-state index >= 15 is 0 Å². The molecule has 2 fully saturated rings. The molecule has 0 amide bonds. The standard InChI is InChI=1S/C12H22O7/c1-6-2-9(14)11(16)12(19-6)18-4-7-3-8(13)10(15)5-17-7/h6-16H,2-5H2,1H3/t6?,7?,8?,9?,10?,11?,12-/m0/s1. The molecule has 0 aromatic heterocycles. The van der Waals surface area contributed by atoms with Crippen LogP contribution in [0.5, 0.6) is 0 Å². The Morgan fingerprint density at radius 1 is 1.05 bits per heavy atom. The third-order valence-electron chi connectivity index (χ3n) is 3.51. The average molecular weight is 278 g/mol. The van der Waals surface area contributed by atoms with Crippen molar-refractivity contribution >= 4 is 0 Å². The van der Waals surface area contributed by atoms with E-state index in [1.165, 1.54) is 0 Å². The lowest BCUT2D eigenvalue weighted by molar-refractivity contribution is -0.273. The summed E-state index contributed by atoms with van der Waals surface area (Å²) in [5.74, 6) is 0. The summed E-state index contributed by atoms with van der Waals surface area (Å²) in [5.41, 5.74) is 0. The molecular formula is C12H22O7. The molecule has 0 spiro atoms. The van der Waals surface area contributed by atoms with Gasteiger partial charge in [-0.1, -0.05) is 0 Å². The SMILES string of the molecule is CC1CC(O)C(O)[C@@H](OCC2CC(O)C(O)CO2)O1. The zero-order valence-corrected chi connectivity index (χ0v) is 10.9. The van der Waals surface area contributed by atoms with E-state index < -0.39 is 30.7 Å². The molecular weight excluding hydrogens is 256 g/mol. The first-order valence-electron chi connectivity index (χ1n) is 6.58. The number of hydrogen-bond donors (Lipinski definition) is 4. The predicted octanol–water partition coefficient (Wildman–Crippen LogP) is -1.63. The van der Waals surface area contributed by atoms with Crippen molar-refractivity contribution in [1.82, 2.24) is 0 Å². The number of aliphatic hydroxyl groups excluding tert-OH is 4. The summed E-state index contributed by atoms with van der Waals surface area (Å²) in [6, 6.07) is 0. The van der Waals surface area contributed by atoms with Gasteiger partial charge in [0.05, 0.1) is 37.6 Å². The Kier molecular flexibility index (Phi) is 5.13. The highest BCUT2D eigenvalue weighted by Gasteiger charge is 2.37. The van der Waals surface area contributed by atoms with E-state index in [1.807, 2.05) is 0 Å². The average Bonchev–Trinajstić information content (AvgIpc) is 2.36. The Morgan fingerprint density at radius 3 is 2.47 bits per heavy atom. The number of rotatable bonds is 3. The molecule has 7 atom stereocenters. The van der Waals surface area contributed by atoms with Crippen LogP contribution < -0.4 is 0 Å². The highest BCUT2D eigenvalue weighted by Crippen LogP contribution is 2.22. The lowest BCUT2D eigenvalue weighted by Crippen LogP contribution is -2.50. The van der Waals surface area contributed by atoms with Gasteiger partial charge in [-0.05, 0) is 6.92 Å². The van der Waals surface area contributed by atoms with Crippen LogP contribution >= 0.6 is 0 Å². The van der Waals surface area contributed by atoms with Crippen LogP contribution in [0.15, 0.2) is 0 Å². The Morgan fingerprint density at radius 2 is 1.79 bits per heavy atom. The van der Waals surface area contributed by atoms with E-state index in [1.54, 1.807) is 6.92 Å². The van der Waals surface area contributed by atoms with Crippen LogP contribution in [-0.2, 0) is 14.2 Å². The zero-order chi connectivity index (χ0) is 14.0. The van der Waals surface area contributed by atoms with Crippen molar-refractivity contribution < 1.29 is 34.6 Å². The molecule has 0 radical (unpaired) electrons. The van der Waals surface area contributed by atoms with E-state index in [4.69, 9.17) is 14.2 Å². The van der Waals surface area contributed by atoms with E-state index in [9.17, 15) is 20.4 Å². The molecule has 19 heavy (non-hydrogen) atoms. The van der Waals surface area contributed by atoms with Crippen molar-refractivity contribution in [3.05, 3.63) is 0 Å². The van der Waals surface area contributed by atoms with Crippen molar-refractivity contribution in [2.75, 3.05) is 13.2 Å². The first-order chi connectivity index (χ1) is 8.97. The Labute approximate surface area is 111 Å². The smallest absolute Gasteiger partial charge is 0.186 e. The van der Waals surface area contributed by atoms with Crippen LogP contribution in [-0.4, -0.2) is 76.6 Å². The minimum absolute atomic E-state index is 0.0578. The molecule has 2 aliphatic rings. The maximum Gasteiger partial charge on any atom is 0.186 e. The van der Waals surface area contributed by atoms with Gasteiger partial charge in [0, 0.05) is 12.8 Å². The number of ether oxygens (including phenoxy) is 3. The Balaban J connectivity index is 1.78. The monoisotopic (exact) mass is 278 g/mol. The van der Waals surface area contributed by atoms with Crippen LogP contribution in [0.4, 0.5) is 0 Å². The lowest BCUT2D eigenvalue weighted by Gasteiger charge is -2.37. The van der Waals surface area contributed by atoms with E-state index in [2.05, 4.69) is 0 Å². The van der Waals surface area contributed by atoms with Crippen molar-refractivity contribution in [2.45, 2.75) is 62.7 Å². The van der Waals surface area contributed by atoms with Crippen LogP contribution in [0.2, 0.25) is 0 Å². The second-order valence-corrected chi connectivity index (χ2v) is 5.27. The fourth-order valence-corrected chi connectivity index (χ4v) is 2.32. The molecule has 2 rings (SSSR count). The van der Waals surface area contributed by atoms with Crippen molar-refractivity contribution in [1.29, 1.82) is 0 Å². The molecule has 2 saturated heterocycles. The van der Waals surface area contributed by atoms with Gasteiger partial charge in [0.15, 0.2) is 6.29 Å². The molecule has 6 unspecified atom stereocenters. The van der Waals surface area contributed by atoms with Crippen molar-refractivity contribution in [2.24, 2.45) is 0 Å². The highest BCUT2D eigenvalue weighted by molar-refractivity contribution is 4.81. The molecule has 0 aromatic carbocycles. The summed E-state index contributed by atoms with van der Waals surface area (Å²) in [6.45, 7) is 1.98. The Hall–Kier alpha value is -0.280. The maximum atomic E-state index is 9.75. The molecule has 4 N–H and O–H groups in total. The first kappa shape index (κ1) is 15.1. The van der Waals surface area contributed by atoms with Crippen molar-refractivity contribution in [3.63, 3.8) is 0 Å². The molecule has 0 aromatic rings. The minimum Gasteiger partial charge on any atom is -0.390 e. The molecule has 7 heteroatoms. The highest BCUT2D eigenvalue weighted by atomic mass is 16.7. The van der Waals surface area contributed by atoms with E-state index in [0.29, 0.717) is 6.42 Å². The van der Waals surface area contributed by atoms with Crippen LogP contribution in [0.25, 0.3) is 0 Å². The molecule has 0 saturated carbocycles. The molecule has 2 aliphatic heterocycles. The second kappa shape index (κ2) is 6.45. The fourth-order valence-electron chi connectivity index (χ4n) is 2.32. The van der Waals surface area contributed by atoms with Crippen molar-refractivity contribution in [3.8, 4) is 0 Å². The topological polar surface area (TPSA) is 109 Å². The Bertz CT molecular complexity index is 287. The fraction of sp³-hybridized carbons (Fsp3) is 1.00. The summed E-state index contributed by atoms with van der Waals surface area (Å²) >= 11 is 0. The largest absolute Gasteiger partial charge is 0.390 e. The van der Waals surface area contributed by atoms with Gasteiger partial charge in [0.1, 0.15) is 12.2 Å². The quantitative estimate of drug-likeness (QED) is 0.491. The van der Waals surface area contributed by atoms with Crippen LogP contribution in [0.3, 0.4) is 0 Å². The lowest BCUT2D eigenvalue weighted by atomic mass is 10.0. The molecule has 0 bridgehead atoms. The van der Waals surface area contributed by atoms with E-state index in [0.717, 1.165) is 0 Å². The number of hydrogen-bond acceptors (Lipinski definition) is 7. The van der Waals surface area contributed by atoms with Gasteiger partial charge in [0.25, 0.3) is 0 Å². The molecule has 7 nitrogen and oxygen atoms in total.